The van der Waals surface area contributed by atoms with Crippen molar-refractivity contribution < 1.29 is 9.90 Å². The van der Waals surface area contributed by atoms with Gasteiger partial charge in [0.15, 0.2) is 0 Å². The van der Waals surface area contributed by atoms with Crippen LogP contribution in [0, 0.1) is 11.8 Å². The minimum absolute atomic E-state index is 0.0645. The predicted molar refractivity (Wildman–Crippen MR) is 61.9 cm³/mol. The maximum atomic E-state index is 10.9. The summed E-state index contributed by atoms with van der Waals surface area (Å²) in [7, 11) is 0. The third-order valence-electron chi connectivity index (χ3n) is 3.89. The number of carboxylic acid groups (broad SMARTS) is 1. The van der Waals surface area contributed by atoms with Gasteiger partial charge in [0, 0.05) is 5.75 Å². The van der Waals surface area contributed by atoms with Gasteiger partial charge in [-0.05, 0) is 31.1 Å². The molecule has 4 unspecified atom stereocenters. The summed E-state index contributed by atoms with van der Waals surface area (Å²) in [5.74, 6) is 1.50. The van der Waals surface area contributed by atoms with Crippen molar-refractivity contribution in [3.8, 4) is 0 Å². The zero-order valence-corrected chi connectivity index (χ0v) is 10.1. The fourth-order valence-electron chi connectivity index (χ4n) is 2.61. The second-order valence-electron chi connectivity index (χ2n) is 5.04. The van der Waals surface area contributed by atoms with Crippen molar-refractivity contribution in [2.24, 2.45) is 11.8 Å². The highest BCUT2D eigenvalue weighted by atomic mass is 32.2. The van der Waals surface area contributed by atoms with Crippen molar-refractivity contribution in [3.63, 3.8) is 0 Å². The first-order valence-corrected chi connectivity index (χ1v) is 6.65. The van der Waals surface area contributed by atoms with Crippen molar-refractivity contribution in [1.29, 1.82) is 0 Å². The lowest BCUT2D eigenvalue weighted by molar-refractivity contribution is -0.139. The average Bonchev–Trinajstić information content (AvgIpc) is 2.57. The first-order valence-electron chi connectivity index (χ1n) is 5.67. The van der Waals surface area contributed by atoms with Crippen LogP contribution >= 0.6 is 11.8 Å². The zero-order valence-electron chi connectivity index (χ0n) is 9.32. The molecule has 3 nitrogen and oxygen atoms in total. The molecule has 1 heterocycles. The Morgan fingerprint density at radius 1 is 1.47 bits per heavy atom. The Hall–Kier alpha value is -0.220. The number of thioether (sulfide) groups is 1. The number of hydrogen-bond acceptors (Lipinski definition) is 3. The molecule has 1 saturated carbocycles. The molecule has 2 rings (SSSR count). The third-order valence-corrected chi connectivity index (χ3v) is 5.43. The van der Waals surface area contributed by atoms with E-state index in [0.29, 0.717) is 5.92 Å². The molecule has 2 N–H and O–H groups in total. The van der Waals surface area contributed by atoms with Crippen molar-refractivity contribution in [2.45, 2.75) is 44.0 Å². The van der Waals surface area contributed by atoms with Gasteiger partial charge >= 0.3 is 5.97 Å². The number of carbonyl (C=O) groups is 1. The summed E-state index contributed by atoms with van der Waals surface area (Å²) in [6, 6.07) is -0.337. The first-order chi connectivity index (χ1) is 7.02. The van der Waals surface area contributed by atoms with Crippen LogP contribution in [0.5, 0.6) is 0 Å². The van der Waals surface area contributed by atoms with Crippen LogP contribution in [0.1, 0.15) is 33.1 Å². The van der Waals surface area contributed by atoms with Gasteiger partial charge in [-0.1, -0.05) is 13.8 Å². The van der Waals surface area contributed by atoms with Crippen LogP contribution in [0.15, 0.2) is 0 Å². The van der Waals surface area contributed by atoms with Crippen molar-refractivity contribution >= 4 is 17.7 Å². The lowest BCUT2D eigenvalue weighted by Crippen LogP contribution is -2.48. The smallest absolute Gasteiger partial charge is 0.321 e. The molecule has 1 spiro atoms. The van der Waals surface area contributed by atoms with Crippen LogP contribution in [-0.2, 0) is 4.79 Å². The highest BCUT2D eigenvalue weighted by Crippen LogP contribution is 2.46. The van der Waals surface area contributed by atoms with Gasteiger partial charge in [0.25, 0.3) is 0 Å². The van der Waals surface area contributed by atoms with E-state index in [9.17, 15) is 4.79 Å². The van der Waals surface area contributed by atoms with E-state index in [1.54, 1.807) is 0 Å². The van der Waals surface area contributed by atoms with E-state index < -0.39 is 5.97 Å². The summed E-state index contributed by atoms with van der Waals surface area (Å²) in [6.07, 6.45) is 3.45. The van der Waals surface area contributed by atoms with Gasteiger partial charge in [0.05, 0.1) is 4.87 Å². The highest BCUT2D eigenvalue weighted by molar-refractivity contribution is 8.00. The van der Waals surface area contributed by atoms with E-state index in [1.807, 2.05) is 11.8 Å². The molecule has 0 radical (unpaired) electrons. The molecule has 1 aliphatic heterocycles. The van der Waals surface area contributed by atoms with Crippen molar-refractivity contribution in [3.05, 3.63) is 0 Å². The number of carboxylic acids is 1. The van der Waals surface area contributed by atoms with Crippen LogP contribution in [0.4, 0.5) is 0 Å². The number of rotatable bonds is 1. The molecule has 15 heavy (non-hydrogen) atoms. The summed E-state index contributed by atoms with van der Waals surface area (Å²) in [5, 5.41) is 12.3. The molecule has 0 amide bonds. The van der Waals surface area contributed by atoms with Gasteiger partial charge < -0.3 is 5.11 Å². The Balaban J connectivity index is 2.01. The molecule has 2 fully saturated rings. The van der Waals surface area contributed by atoms with Crippen molar-refractivity contribution in [1.82, 2.24) is 5.32 Å². The van der Waals surface area contributed by atoms with Gasteiger partial charge in [0.2, 0.25) is 0 Å². The largest absolute Gasteiger partial charge is 0.480 e. The molecular weight excluding hydrogens is 210 g/mol. The van der Waals surface area contributed by atoms with Gasteiger partial charge in [-0.25, -0.2) is 0 Å². The Labute approximate surface area is 95.0 Å². The second kappa shape index (κ2) is 3.98. The fourth-order valence-corrected chi connectivity index (χ4v) is 4.19. The molecule has 2 aliphatic rings. The quantitative estimate of drug-likeness (QED) is 0.721. The monoisotopic (exact) mass is 229 g/mol. The van der Waals surface area contributed by atoms with Crippen LogP contribution in [-0.4, -0.2) is 27.7 Å². The molecule has 0 bridgehead atoms. The molecule has 1 saturated heterocycles. The summed E-state index contributed by atoms with van der Waals surface area (Å²) in [5.41, 5.74) is 0. The van der Waals surface area contributed by atoms with Crippen LogP contribution < -0.4 is 5.32 Å². The van der Waals surface area contributed by atoms with Gasteiger partial charge in [-0.15, -0.1) is 11.8 Å². The molecule has 4 heteroatoms. The minimum atomic E-state index is -0.703. The topological polar surface area (TPSA) is 49.3 Å². The lowest BCUT2D eigenvalue weighted by Gasteiger charge is -2.40. The van der Waals surface area contributed by atoms with E-state index in [1.165, 1.54) is 6.42 Å². The Morgan fingerprint density at radius 2 is 2.20 bits per heavy atom. The van der Waals surface area contributed by atoms with E-state index in [-0.39, 0.29) is 10.9 Å². The maximum absolute atomic E-state index is 10.9. The summed E-state index contributed by atoms with van der Waals surface area (Å²) >= 11 is 1.82. The molecule has 4 atom stereocenters. The Kier molecular flexibility index (Phi) is 2.99. The van der Waals surface area contributed by atoms with E-state index in [4.69, 9.17) is 5.11 Å². The Bertz CT molecular complexity index is 271. The SMILES string of the molecule is CC1CCC2(CC1C)NC(C(=O)O)CS2. The lowest BCUT2D eigenvalue weighted by atomic mass is 9.78. The van der Waals surface area contributed by atoms with Crippen LogP contribution in [0.2, 0.25) is 0 Å². The molecule has 0 aromatic rings. The summed E-state index contributed by atoms with van der Waals surface area (Å²) in [4.78, 5) is 11.0. The van der Waals surface area contributed by atoms with Gasteiger partial charge in [-0.3, -0.25) is 10.1 Å². The number of hydrogen-bond donors (Lipinski definition) is 2. The minimum Gasteiger partial charge on any atom is -0.480 e. The summed E-state index contributed by atoms with van der Waals surface area (Å²) in [6.45, 7) is 4.58. The van der Waals surface area contributed by atoms with Gasteiger partial charge in [-0.2, -0.15) is 0 Å². The average molecular weight is 229 g/mol. The van der Waals surface area contributed by atoms with Crippen molar-refractivity contribution in [2.75, 3.05) is 5.75 Å². The molecule has 0 aromatic carbocycles. The maximum Gasteiger partial charge on any atom is 0.321 e. The summed E-state index contributed by atoms with van der Waals surface area (Å²) < 4.78 is 0. The normalized spacial score (nSPS) is 45.9. The second-order valence-corrected chi connectivity index (χ2v) is 6.44. The molecular formula is C11H19NO2S. The molecule has 0 aromatic heterocycles. The predicted octanol–water partition coefficient (Wildman–Crippen LogP) is 1.93. The van der Waals surface area contributed by atoms with E-state index >= 15 is 0 Å². The van der Waals surface area contributed by atoms with E-state index in [0.717, 1.165) is 24.5 Å². The standard InChI is InChI=1S/C11H19NO2S/c1-7-3-4-11(5-8(7)2)12-9(6-15-11)10(13)14/h7-9,12H,3-6H2,1-2H3,(H,13,14). The van der Waals surface area contributed by atoms with Crippen LogP contribution in [0.3, 0.4) is 0 Å². The first kappa shape index (κ1) is 11.3. The fraction of sp³-hybridized carbons (Fsp3) is 0.909. The number of nitrogens with one attached hydrogen (secondary N) is 1. The van der Waals surface area contributed by atoms with E-state index in [2.05, 4.69) is 19.2 Å². The van der Waals surface area contributed by atoms with Gasteiger partial charge in [0.1, 0.15) is 6.04 Å². The van der Waals surface area contributed by atoms with Crippen LogP contribution in [0.25, 0.3) is 0 Å². The highest BCUT2D eigenvalue weighted by Gasteiger charge is 2.45. The molecule has 1 aliphatic carbocycles. The third kappa shape index (κ3) is 2.16. The number of aliphatic carboxylic acids is 1. The Morgan fingerprint density at radius 3 is 2.73 bits per heavy atom. The molecule has 86 valence electrons. The zero-order chi connectivity index (χ0) is 11.1.